The van der Waals surface area contributed by atoms with Gasteiger partial charge in [-0.3, -0.25) is 9.78 Å². The van der Waals surface area contributed by atoms with E-state index in [0.717, 1.165) is 71.0 Å². The summed E-state index contributed by atoms with van der Waals surface area (Å²) < 4.78 is 19.2. The molecule has 0 aliphatic heterocycles. The molecule has 44 heavy (non-hydrogen) atoms. The first-order chi connectivity index (χ1) is 21.1. The van der Waals surface area contributed by atoms with E-state index in [1.807, 2.05) is 23.9 Å². The van der Waals surface area contributed by atoms with Gasteiger partial charge in [0, 0.05) is 49.7 Å². The first-order valence-electron chi connectivity index (χ1n) is 15.8. The van der Waals surface area contributed by atoms with E-state index >= 15 is 0 Å². The average molecular weight is 615 g/mol. The highest BCUT2D eigenvalue weighted by molar-refractivity contribution is 6.76. The largest absolute Gasteiger partial charge is 0.494 e. The number of rotatable bonds is 11. The van der Waals surface area contributed by atoms with E-state index in [0.29, 0.717) is 31.6 Å². The highest BCUT2D eigenvalue weighted by Crippen LogP contribution is 2.39. The van der Waals surface area contributed by atoms with Crippen LogP contribution in [-0.4, -0.2) is 54.1 Å². The van der Waals surface area contributed by atoms with Crippen LogP contribution in [0, 0.1) is 19.8 Å². The Morgan fingerprint density at radius 2 is 1.82 bits per heavy atom. The molecule has 3 heterocycles. The molecule has 0 amide bonds. The van der Waals surface area contributed by atoms with Crippen LogP contribution in [0.4, 0.5) is 0 Å². The van der Waals surface area contributed by atoms with Gasteiger partial charge in [-0.15, -0.1) is 0 Å². The molecular formula is C35H46N4O4Si. The van der Waals surface area contributed by atoms with E-state index in [1.165, 1.54) is 11.1 Å². The van der Waals surface area contributed by atoms with Crippen LogP contribution in [0.1, 0.15) is 55.3 Å². The number of aromatic nitrogens is 4. The minimum absolute atomic E-state index is 0.00284. The summed E-state index contributed by atoms with van der Waals surface area (Å²) in [5.74, 6) is 0.976. The Morgan fingerprint density at radius 1 is 1.05 bits per heavy atom. The zero-order valence-corrected chi connectivity index (χ0v) is 28.3. The Labute approximate surface area is 262 Å². The molecule has 5 rings (SSSR count). The van der Waals surface area contributed by atoms with Crippen molar-refractivity contribution in [3.63, 3.8) is 0 Å². The van der Waals surface area contributed by atoms with Gasteiger partial charge >= 0.3 is 5.97 Å². The van der Waals surface area contributed by atoms with Crippen molar-refractivity contribution in [1.82, 2.24) is 19.7 Å². The molecule has 1 saturated carbocycles. The Morgan fingerprint density at radius 3 is 2.48 bits per heavy atom. The number of nitrogens with zero attached hydrogens (tertiary/aromatic N) is 4. The van der Waals surface area contributed by atoms with Crippen LogP contribution in [0.2, 0.25) is 25.7 Å². The first kappa shape index (κ1) is 31.8. The standard InChI is InChI=1S/C35H46N4O4Si/c1-8-43-35(40)26-14-12-25(13-15-26)29-17-16-27(21-36-29)32-34-30(39(38-32)22-42-18-19-44(5,6)7)20-31(41-4)33(37-34)28-11-9-10-23(2)24(28)3/h9-11,16-17,20-21,25-26H,8,12-15,18-19,22H2,1-7H3. The van der Waals surface area contributed by atoms with Crippen molar-refractivity contribution < 1.29 is 19.0 Å². The van der Waals surface area contributed by atoms with Crippen LogP contribution in [0.5, 0.6) is 5.75 Å². The molecule has 0 radical (unpaired) electrons. The summed E-state index contributed by atoms with van der Waals surface area (Å²) in [5, 5.41) is 5.03. The molecule has 1 fully saturated rings. The second-order valence-electron chi connectivity index (χ2n) is 13.1. The van der Waals surface area contributed by atoms with Crippen LogP contribution in [-0.2, 0) is 21.0 Å². The summed E-state index contributed by atoms with van der Waals surface area (Å²) in [7, 11) is 0.469. The second-order valence-corrected chi connectivity index (χ2v) is 18.7. The van der Waals surface area contributed by atoms with Crippen molar-refractivity contribution in [3.8, 4) is 28.3 Å². The van der Waals surface area contributed by atoms with Crippen molar-refractivity contribution in [2.45, 2.75) is 84.8 Å². The monoisotopic (exact) mass is 614 g/mol. The van der Waals surface area contributed by atoms with Gasteiger partial charge in [0.2, 0.25) is 0 Å². The molecule has 1 aliphatic rings. The zero-order chi connectivity index (χ0) is 31.4. The number of fused-ring (bicyclic) bond motifs is 1. The third-order valence-electron chi connectivity index (χ3n) is 8.81. The molecule has 1 aliphatic carbocycles. The Bertz CT molecular complexity index is 1600. The second kappa shape index (κ2) is 13.6. The number of aryl methyl sites for hydroxylation is 1. The van der Waals surface area contributed by atoms with Gasteiger partial charge < -0.3 is 14.2 Å². The summed E-state index contributed by atoms with van der Waals surface area (Å²) in [5.41, 5.74) is 8.60. The summed E-state index contributed by atoms with van der Waals surface area (Å²) in [6.07, 6.45) is 5.46. The van der Waals surface area contributed by atoms with Gasteiger partial charge in [0.25, 0.3) is 0 Å². The Hall–Kier alpha value is -3.56. The van der Waals surface area contributed by atoms with E-state index < -0.39 is 8.07 Å². The third kappa shape index (κ3) is 7.05. The molecule has 0 saturated heterocycles. The highest BCUT2D eigenvalue weighted by atomic mass is 28.3. The van der Waals surface area contributed by atoms with Crippen LogP contribution < -0.4 is 4.74 Å². The van der Waals surface area contributed by atoms with E-state index in [9.17, 15) is 4.79 Å². The van der Waals surface area contributed by atoms with E-state index in [4.69, 9.17) is 29.3 Å². The molecule has 0 atom stereocenters. The van der Waals surface area contributed by atoms with E-state index in [2.05, 4.69) is 63.8 Å². The van der Waals surface area contributed by atoms with Gasteiger partial charge in [-0.2, -0.15) is 5.10 Å². The number of ether oxygens (including phenoxy) is 3. The van der Waals surface area contributed by atoms with Crippen LogP contribution in [0.3, 0.4) is 0 Å². The molecule has 1 aromatic carbocycles. The fourth-order valence-electron chi connectivity index (χ4n) is 5.93. The number of carbonyl (C=O) groups is 1. The fourth-order valence-corrected chi connectivity index (χ4v) is 6.69. The maximum atomic E-state index is 12.2. The molecular weight excluding hydrogens is 568 g/mol. The lowest BCUT2D eigenvalue weighted by Crippen LogP contribution is -2.23. The minimum Gasteiger partial charge on any atom is -0.494 e. The van der Waals surface area contributed by atoms with E-state index in [-0.39, 0.29) is 11.9 Å². The van der Waals surface area contributed by atoms with Gasteiger partial charge in [0.15, 0.2) is 0 Å². The van der Waals surface area contributed by atoms with Crippen LogP contribution >= 0.6 is 0 Å². The molecule has 3 aromatic heterocycles. The summed E-state index contributed by atoms with van der Waals surface area (Å²) in [6, 6.07) is 13.6. The smallest absolute Gasteiger partial charge is 0.308 e. The number of methoxy groups -OCH3 is 1. The quantitative estimate of drug-likeness (QED) is 0.0963. The lowest BCUT2D eigenvalue weighted by Gasteiger charge is -2.26. The van der Waals surface area contributed by atoms with Gasteiger partial charge in [0.05, 0.1) is 25.2 Å². The molecule has 0 unspecified atom stereocenters. The normalized spacial score (nSPS) is 17.2. The third-order valence-corrected chi connectivity index (χ3v) is 10.5. The number of carbonyl (C=O) groups excluding carboxylic acids is 1. The summed E-state index contributed by atoms with van der Waals surface area (Å²) in [4.78, 5) is 22.3. The van der Waals surface area contributed by atoms with Gasteiger partial charge in [-0.05, 0) is 75.8 Å². The predicted molar refractivity (Wildman–Crippen MR) is 178 cm³/mol. The number of hydrogen-bond donors (Lipinski definition) is 0. The number of pyridine rings is 2. The van der Waals surface area contributed by atoms with Gasteiger partial charge in [0.1, 0.15) is 29.4 Å². The maximum absolute atomic E-state index is 12.2. The van der Waals surface area contributed by atoms with Crippen molar-refractivity contribution >= 4 is 25.1 Å². The maximum Gasteiger partial charge on any atom is 0.308 e. The van der Waals surface area contributed by atoms with Crippen LogP contribution in [0.15, 0.2) is 42.6 Å². The predicted octanol–water partition coefficient (Wildman–Crippen LogP) is 7.93. The molecule has 234 valence electrons. The zero-order valence-electron chi connectivity index (χ0n) is 27.3. The van der Waals surface area contributed by atoms with Gasteiger partial charge in [-0.25, -0.2) is 9.67 Å². The van der Waals surface area contributed by atoms with Crippen molar-refractivity contribution in [2.24, 2.45) is 5.92 Å². The average Bonchev–Trinajstić information content (AvgIpc) is 3.37. The molecule has 0 spiro atoms. The molecule has 4 aromatic rings. The SMILES string of the molecule is CCOC(=O)C1CCC(c2ccc(-c3nn(COCC[Si](C)(C)C)c4cc(OC)c(-c5cccc(C)c5C)nc34)cn2)CC1. The Kier molecular flexibility index (Phi) is 9.85. The topological polar surface area (TPSA) is 88.4 Å². The lowest BCUT2D eigenvalue weighted by molar-refractivity contribution is -0.149. The molecule has 0 N–H and O–H groups in total. The van der Waals surface area contributed by atoms with E-state index in [1.54, 1.807) is 7.11 Å². The number of esters is 1. The number of hydrogen-bond acceptors (Lipinski definition) is 7. The Balaban J connectivity index is 1.48. The highest BCUT2D eigenvalue weighted by Gasteiger charge is 2.29. The molecule has 8 nitrogen and oxygen atoms in total. The fraction of sp³-hybridized carbons (Fsp3) is 0.486. The van der Waals surface area contributed by atoms with Crippen molar-refractivity contribution in [2.75, 3.05) is 20.3 Å². The van der Waals surface area contributed by atoms with Gasteiger partial charge in [-0.1, -0.05) is 37.8 Å². The van der Waals surface area contributed by atoms with Crippen LogP contribution in [0.25, 0.3) is 33.5 Å². The van der Waals surface area contributed by atoms with Crippen molar-refractivity contribution in [3.05, 3.63) is 59.4 Å². The summed E-state index contributed by atoms with van der Waals surface area (Å²) >= 11 is 0. The minimum atomic E-state index is -1.22. The number of benzene rings is 1. The first-order valence-corrected chi connectivity index (χ1v) is 19.5. The summed E-state index contributed by atoms with van der Waals surface area (Å²) in [6.45, 7) is 14.6. The molecule has 0 bridgehead atoms. The molecule has 9 heteroatoms. The lowest BCUT2D eigenvalue weighted by atomic mass is 9.80. The van der Waals surface area contributed by atoms with Crippen molar-refractivity contribution in [1.29, 1.82) is 0 Å².